The minimum Gasteiger partial charge on any atom is -0.381 e. The first-order valence-electron chi connectivity index (χ1n) is 9.05. The predicted octanol–water partition coefficient (Wildman–Crippen LogP) is 4.90. The summed E-state index contributed by atoms with van der Waals surface area (Å²) in [6, 6.07) is 8.65. The molecule has 0 atom stereocenters. The number of hydrogen-bond donors (Lipinski definition) is 2. The minimum absolute atomic E-state index is 0.135. The number of carbonyl (C=O) groups excluding carboxylic acids is 2. The summed E-state index contributed by atoms with van der Waals surface area (Å²) < 4.78 is 5.48. The predicted molar refractivity (Wildman–Crippen MR) is 111 cm³/mol. The van der Waals surface area contributed by atoms with Crippen LogP contribution < -0.4 is 10.6 Å². The Morgan fingerprint density at radius 1 is 1.15 bits per heavy atom. The first kappa shape index (κ1) is 21.4. The molecule has 0 aliphatic rings. The van der Waals surface area contributed by atoms with Gasteiger partial charge in [0.05, 0.1) is 20.5 Å². The molecule has 27 heavy (non-hydrogen) atoms. The number of ether oxygens (including phenoxy) is 1. The Hall–Kier alpha value is -1.89. The van der Waals surface area contributed by atoms with Crippen molar-refractivity contribution in [2.75, 3.05) is 25.1 Å². The van der Waals surface area contributed by atoms with Gasteiger partial charge < -0.3 is 15.4 Å². The number of anilines is 1. The van der Waals surface area contributed by atoms with Gasteiger partial charge in [0.15, 0.2) is 0 Å². The number of aryl methyl sites for hydroxylation is 1. The summed E-state index contributed by atoms with van der Waals surface area (Å²) in [5.41, 5.74) is 1.23. The smallest absolute Gasteiger partial charge is 0.261 e. The van der Waals surface area contributed by atoms with Crippen molar-refractivity contribution in [2.45, 2.75) is 33.1 Å². The van der Waals surface area contributed by atoms with Gasteiger partial charge in [-0.2, -0.15) is 0 Å². The molecule has 0 spiro atoms. The monoisotopic (exact) mass is 408 g/mol. The van der Waals surface area contributed by atoms with Crippen molar-refractivity contribution in [1.82, 2.24) is 5.32 Å². The third-order valence-corrected chi connectivity index (χ3v) is 5.35. The second-order valence-electron chi connectivity index (χ2n) is 6.13. The molecule has 0 fully saturated rings. The lowest BCUT2D eigenvalue weighted by molar-refractivity contribution is 0.0943. The van der Waals surface area contributed by atoms with E-state index in [1.54, 1.807) is 30.3 Å². The molecule has 0 saturated carbocycles. The molecule has 2 aromatic rings. The maximum atomic E-state index is 12.3. The number of unbranched alkanes of at least 4 members (excludes halogenated alkanes) is 1. The van der Waals surface area contributed by atoms with Crippen molar-refractivity contribution in [3.8, 4) is 0 Å². The molecule has 0 aliphatic carbocycles. The molecule has 1 aromatic heterocycles. The van der Waals surface area contributed by atoms with E-state index in [2.05, 4.69) is 17.6 Å². The zero-order chi connectivity index (χ0) is 19.6. The first-order chi connectivity index (χ1) is 13.0. The molecule has 1 aromatic carbocycles. The van der Waals surface area contributed by atoms with Gasteiger partial charge in [0, 0.05) is 19.8 Å². The molecule has 7 heteroatoms. The summed E-state index contributed by atoms with van der Waals surface area (Å²) in [7, 11) is 0. The summed E-state index contributed by atoms with van der Waals surface area (Å²) in [6.45, 7) is 5.94. The van der Waals surface area contributed by atoms with E-state index >= 15 is 0 Å². The van der Waals surface area contributed by atoms with E-state index in [1.165, 1.54) is 11.3 Å². The molecule has 0 aliphatic heterocycles. The zero-order valence-corrected chi connectivity index (χ0v) is 17.2. The van der Waals surface area contributed by atoms with Crippen molar-refractivity contribution in [3.05, 3.63) is 51.4 Å². The molecule has 0 radical (unpaired) electrons. The van der Waals surface area contributed by atoms with Gasteiger partial charge in [-0.3, -0.25) is 9.59 Å². The number of benzene rings is 1. The van der Waals surface area contributed by atoms with Crippen LogP contribution in [0.5, 0.6) is 0 Å². The average Bonchev–Trinajstić information content (AvgIpc) is 3.01. The fourth-order valence-corrected chi connectivity index (χ4v) is 3.60. The number of hydrogen-bond acceptors (Lipinski definition) is 4. The van der Waals surface area contributed by atoms with Crippen LogP contribution in [0.1, 0.15) is 51.8 Å². The van der Waals surface area contributed by atoms with Crippen LogP contribution in [0.25, 0.3) is 0 Å². The summed E-state index contributed by atoms with van der Waals surface area (Å²) in [5, 5.41) is 6.71. The second-order valence-corrected chi connectivity index (χ2v) is 7.59. The standard InChI is InChI=1S/C20H25ClN2O3S/c1-3-4-11-26-12-7-10-22-20(25)18-14(2)13-17(27-18)23-19(24)15-8-5-6-9-16(15)21/h5-6,8-9,13H,3-4,7,10-12H2,1-2H3,(H,22,25)(H,23,24). The minimum atomic E-state index is -0.293. The summed E-state index contributed by atoms with van der Waals surface area (Å²) in [4.78, 5) is 25.3. The van der Waals surface area contributed by atoms with Crippen LogP contribution in [-0.2, 0) is 4.74 Å². The van der Waals surface area contributed by atoms with Gasteiger partial charge in [-0.25, -0.2) is 0 Å². The number of halogens is 1. The van der Waals surface area contributed by atoms with Crippen molar-refractivity contribution < 1.29 is 14.3 Å². The van der Waals surface area contributed by atoms with Crippen molar-refractivity contribution in [2.24, 2.45) is 0 Å². The molecular weight excluding hydrogens is 384 g/mol. The summed E-state index contributed by atoms with van der Waals surface area (Å²) in [6.07, 6.45) is 2.95. The van der Waals surface area contributed by atoms with Crippen LogP contribution >= 0.6 is 22.9 Å². The van der Waals surface area contributed by atoms with Crippen molar-refractivity contribution >= 4 is 39.8 Å². The normalized spacial score (nSPS) is 10.6. The SMILES string of the molecule is CCCCOCCCNC(=O)c1sc(NC(=O)c2ccccc2Cl)cc1C. The fraction of sp³-hybridized carbons (Fsp3) is 0.400. The number of rotatable bonds is 10. The molecule has 0 saturated heterocycles. The van der Waals surface area contributed by atoms with E-state index in [9.17, 15) is 9.59 Å². The zero-order valence-electron chi connectivity index (χ0n) is 15.6. The lowest BCUT2D eigenvalue weighted by Crippen LogP contribution is -2.25. The Labute approximate surface area is 169 Å². The first-order valence-corrected chi connectivity index (χ1v) is 10.2. The summed E-state index contributed by atoms with van der Waals surface area (Å²) >= 11 is 7.30. The molecule has 0 bridgehead atoms. The highest BCUT2D eigenvalue weighted by Crippen LogP contribution is 2.27. The molecule has 2 amide bonds. The van der Waals surface area contributed by atoms with E-state index in [0.29, 0.717) is 33.6 Å². The topological polar surface area (TPSA) is 67.4 Å². The fourth-order valence-electron chi connectivity index (χ4n) is 2.40. The van der Waals surface area contributed by atoms with E-state index in [0.717, 1.165) is 31.4 Å². The van der Waals surface area contributed by atoms with Gasteiger partial charge in [-0.05, 0) is 43.5 Å². The highest BCUT2D eigenvalue weighted by Gasteiger charge is 2.16. The average molecular weight is 409 g/mol. The Balaban J connectivity index is 1.85. The van der Waals surface area contributed by atoms with E-state index in [1.807, 2.05) is 6.92 Å². The number of nitrogens with one attached hydrogen (secondary N) is 2. The third kappa shape index (κ3) is 6.65. The van der Waals surface area contributed by atoms with Crippen LogP contribution in [-0.4, -0.2) is 31.6 Å². The molecule has 0 unspecified atom stereocenters. The third-order valence-electron chi connectivity index (χ3n) is 3.87. The van der Waals surface area contributed by atoms with E-state index in [-0.39, 0.29) is 11.8 Å². The van der Waals surface area contributed by atoms with Crippen LogP contribution in [0.3, 0.4) is 0 Å². The van der Waals surface area contributed by atoms with Crippen LogP contribution in [0.2, 0.25) is 5.02 Å². The second kappa shape index (κ2) is 11.1. The van der Waals surface area contributed by atoms with Crippen molar-refractivity contribution in [1.29, 1.82) is 0 Å². The Kier molecular flexibility index (Phi) is 8.78. The Bertz CT molecular complexity index is 776. The largest absolute Gasteiger partial charge is 0.381 e. The maximum Gasteiger partial charge on any atom is 0.261 e. The molecule has 2 N–H and O–H groups in total. The number of amides is 2. The van der Waals surface area contributed by atoms with E-state index < -0.39 is 0 Å². The summed E-state index contributed by atoms with van der Waals surface area (Å²) in [5.74, 6) is -0.428. The Morgan fingerprint density at radius 3 is 2.63 bits per heavy atom. The van der Waals surface area contributed by atoms with E-state index in [4.69, 9.17) is 16.3 Å². The van der Waals surface area contributed by atoms with Gasteiger partial charge in [-0.15, -0.1) is 11.3 Å². The van der Waals surface area contributed by atoms with Gasteiger partial charge in [-0.1, -0.05) is 37.1 Å². The highest BCUT2D eigenvalue weighted by atomic mass is 35.5. The van der Waals surface area contributed by atoms with Gasteiger partial charge in [0.25, 0.3) is 11.8 Å². The molecular formula is C20H25ClN2O3S. The number of carbonyl (C=O) groups is 2. The molecule has 5 nitrogen and oxygen atoms in total. The molecule has 2 rings (SSSR count). The lowest BCUT2D eigenvalue weighted by Gasteiger charge is -2.05. The Morgan fingerprint density at radius 2 is 1.89 bits per heavy atom. The molecule has 1 heterocycles. The van der Waals surface area contributed by atoms with Gasteiger partial charge in [0.2, 0.25) is 0 Å². The van der Waals surface area contributed by atoms with Gasteiger partial charge in [0.1, 0.15) is 0 Å². The lowest BCUT2D eigenvalue weighted by atomic mass is 10.2. The van der Waals surface area contributed by atoms with Gasteiger partial charge >= 0.3 is 0 Å². The molecule has 146 valence electrons. The van der Waals surface area contributed by atoms with Crippen molar-refractivity contribution in [3.63, 3.8) is 0 Å². The highest BCUT2D eigenvalue weighted by molar-refractivity contribution is 7.18. The number of thiophene rings is 1. The van der Waals surface area contributed by atoms with Crippen LogP contribution in [0, 0.1) is 6.92 Å². The van der Waals surface area contributed by atoms with Crippen LogP contribution in [0.4, 0.5) is 5.00 Å². The van der Waals surface area contributed by atoms with Crippen LogP contribution in [0.15, 0.2) is 30.3 Å². The quantitative estimate of drug-likeness (QED) is 0.549. The maximum absolute atomic E-state index is 12.3.